The maximum atomic E-state index is 11.9. The summed E-state index contributed by atoms with van der Waals surface area (Å²) in [6.45, 7) is 1.95. The SMILES string of the molecule is CCCC[C@H](NC(=O)Nc1cc(Cl)ccc1OC)C(=O)O. The van der Waals surface area contributed by atoms with Crippen LogP contribution in [0.1, 0.15) is 26.2 Å². The Morgan fingerprint density at radius 2 is 2.14 bits per heavy atom. The first-order chi connectivity index (χ1) is 9.97. The van der Waals surface area contributed by atoms with E-state index in [1.807, 2.05) is 6.92 Å². The minimum atomic E-state index is -1.06. The molecule has 0 saturated carbocycles. The summed E-state index contributed by atoms with van der Waals surface area (Å²) < 4.78 is 5.10. The predicted molar refractivity (Wildman–Crippen MR) is 81.1 cm³/mol. The number of amides is 2. The van der Waals surface area contributed by atoms with Crippen molar-refractivity contribution in [2.24, 2.45) is 0 Å². The van der Waals surface area contributed by atoms with E-state index >= 15 is 0 Å². The largest absolute Gasteiger partial charge is 0.495 e. The Labute approximate surface area is 128 Å². The molecule has 6 nitrogen and oxygen atoms in total. The number of rotatable bonds is 7. The fourth-order valence-corrected chi connectivity index (χ4v) is 1.93. The number of aliphatic carboxylic acids is 1. The van der Waals surface area contributed by atoms with Gasteiger partial charge in [0, 0.05) is 5.02 Å². The lowest BCUT2D eigenvalue weighted by Crippen LogP contribution is -2.43. The minimum absolute atomic E-state index is 0.377. The second-order valence-electron chi connectivity index (χ2n) is 4.48. The van der Waals surface area contributed by atoms with Crippen LogP contribution in [0, 0.1) is 0 Å². The maximum Gasteiger partial charge on any atom is 0.326 e. The molecular formula is C14H19ClN2O4. The Balaban J connectivity index is 2.71. The summed E-state index contributed by atoms with van der Waals surface area (Å²) in [7, 11) is 1.47. The molecule has 0 aliphatic rings. The van der Waals surface area contributed by atoms with Gasteiger partial charge >= 0.3 is 12.0 Å². The monoisotopic (exact) mass is 314 g/mol. The van der Waals surface area contributed by atoms with Crippen molar-refractivity contribution in [3.05, 3.63) is 23.2 Å². The molecule has 1 aromatic rings. The highest BCUT2D eigenvalue weighted by molar-refractivity contribution is 6.31. The summed E-state index contributed by atoms with van der Waals surface area (Å²) in [5.41, 5.74) is 0.377. The van der Waals surface area contributed by atoms with Gasteiger partial charge < -0.3 is 20.5 Å². The van der Waals surface area contributed by atoms with Gasteiger partial charge in [-0.2, -0.15) is 0 Å². The molecule has 0 aliphatic heterocycles. The van der Waals surface area contributed by atoms with E-state index in [-0.39, 0.29) is 0 Å². The molecule has 7 heteroatoms. The summed E-state index contributed by atoms with van der Waals surface area (Å²) in [6.07, 6.45) is 1.96. The first-order valence-electron chi connectivity index (χ1n) is 6.61. The molecule has 116 valence electrons. The fraction of sp³-hybridized carbons (Fsp3) is 0.429. The molecule has 2 amide bonds. The normalized spacial score (nSPS) is 11.6. The maximum absolute atomic E-state index is 11.9. The number of anilines is 1. The highest BCUT2D eigenvalue weighted by atomic mass is 35.5. The van der Waals surface area contributed by atoms with Gasteiger partial charge in [0.1, 0.15) is 11.8 Å². The van der Waals surface area contributed by atoms with Crippen LogP contribution in [-0.2, 0) is 4.79 Å². The van der Waals surface area contributed by atoms with E-state index in [0.717, 1.165) is 12.8 Å². The van der Waals surface area contributed by atoms with E-state index in [1.54, 1.807) is 12.1 Å². The number of benzene rings is 1. The third kappa shape index (κ3) is 5.51. The number of methoxy groups -OCH3 is 1. The standard InChI is InChI=1S/C14H19ClN2O4/c1-3-4-5-10(13(18)19)16-14(20)17-11-8-9(15)6-7-12(11)21-2/h6-8,10H,3-5H2,1-2H3,(H,18,19)(H2,16,17,20)/t10-/m0/s1. The van der Waals surface area contributed by atoms with Gasteiger partial charge in [-0.15, -0.1) is 0 Å². The number of carboxylic acids is 1. The molecule has 21 heavy (non-hydrogen) atoms. The molecule has 0 unspecified atom stereocenters. The van der Waals surface area contributed by atoms with Gasteiger partial charge in [-0.25, -0.2) is 9.59 Å². The van der Waals surface area contributed by atoms with E-state index < -0.39 is 18.0 Å². The Kier molecular flexibility index (Phi) is 6.81. The van der Waals surface area contributed by atoms with Gasteiger partial charge in [0.15, 0.2) is 0 Å². The third-order valence-corrected chi connectivity index (χ3v) is 3.09. The Morgan fingerprint density at radius 3 is 2.71 bits per heavy atom. The molecule has 0 bridgehead atoms. The lowest BCUT2D eigenvalue weighted by atomic mass is 10.1. The smallest absolute Gasteiger partial charge is 0.326 e. The van der Waals surface area contributed by atoms with E-state index in [1.165, 1.54) is 13.2 Å². The summed E-state index contributed by atoms with van der Waals surface area (Å²) in [6, 6.07) is 3.24. The number of ether oxygens (including phenoxy) is 1. The number of nitrogens with one attached hydrogen (secondary N) is 2. The van der Waals surface area contributed by atoms with Gasteiger partial charge in [0.2, 0.25) is 0 Å². The van der Waals surface area contributed by atoms with Gasteiger partial charge in [0.25, 0.3) is 0 Å². The highest BCUT2D eigenvalue weighted by Gasteiger charge is 2.19. The van der Waals surface area contributed by atoms with Gasteiger partial charge in [-0.1, -0.05) is 31.4 Å². The molecule has 1 aromatic carbocycles. The lowest BCUT2D eigenvalue weighted by Gasteiger charge is -2.16. The quantitative estimate of drug-likeness (QED) is 0.721. The molecule has 1 atom stereocenters. The Bertz CT molecular complexity index is 508. The molecule has 0 radical (unpaired) electrons. The van der Waals surface area contributed by atoms with Crippen molar-refractivity contribution in [3.63, 3.8) is 0 Å². The zero-order valence-electron chi connectivity index (χ0n) is 12.0. The number of hydrogen-bond donors (Lipinski definition) is 3. The van der Waals surface area contributed by atoms with Crippen molar-refractivity contribution in [2.45, 2.75) is 32.2 Å². The number of carbonyl (C=O) groups excluding carboxylic acids is 1. The van der Waals surface area contributed by atoms with Crippen LogP contribution >= 0.6 is 11.6 Å². The van der Waals surface area contributed by atoms with E-state index in [2.05, 4.69) is 10.6 Å². The first kappa shape index (κ1) is 17.1. The summed E-state index contributed by atoms with van der Waals surface area (Å²) in [5, 5.41) is 14.5. The summed E-state index contributed by atoms with van der Waals surface area (Å²) in [4.78, 5) is 23.0. The van der Waals surface area contributed by atoms with Crippen LogP contribution in [0.4, 0.5) is 10.5 Å². The second kappa shape index (κ2) is 8.36. The summed E-state index contributed by atoms with van der Waals surface area (Å²) in [5.74, 6) is -0.619. The van der Waals surface area contributed by atoms with E-state index in [4.69, 9.17) is 21.4 Å². The number of unbranched alkanes of at least 4 members (excludes halogenated alkanes) is 1. The molecule has 0 spiro atoms. The minimum Gasteiger partial charge on any atom is -0.495 e. The lowest BCUT2D eigenvalue weighted by molar-refractivity contribution is -0.139. The number of hydrogen-bond acceptors (Lipinski definition) is 3. The van der Waals surface area contributed by atoms with Gasteiger partial charge in [-0.3, -0.25) is 0 Å². The van der Waals surface area contributed by atoms with Crippen molar-refractivity contribution in [3.8, 4) is 5.75 Å². The Hall–Kier alpha value is -1.95. The van der Waals surface area contributed by atoms with Crippen LogP contribution in [0.25, 0.3) is 0 Å². The average Bonchev–Trinajstić information content (AvgIpc) is 2.43. The van der Waals surface area contributed by atoms with Crippen molar-refractivity contribution in [2.75, 3.05) is 12.4 Å². The zero-order chi connectivity index (χ0) is 15.8. The van der Waals surface area contributed by atoms with Crippen LogP contribution in [0.5, 0.6) is 5.75 Å². The van der Waals surface area contributed by atoms with Crippen molar-refractivity contribution < 1.29 is 19.4 Å². The van der Waals surface area contributed by atoms with E-state index in [0.29, 0.717) is 22.9 Å². The Morgan fingerprint density at radius 1 is 1.43 bits per heavy atom. The highest BCUT2D eigenvalue weighted by Crippen LogP contribution is 2.27. The van der Waals surface area contributed by atoms with Crippen LogP contribution in [0.15, 0.2) is 18.2 Å². The number of carbonyl (C=O) groups is 2. The topological polar surface area (TPSA) is 87.7 Å². The first-order valence-corrected chi connectivity index (χ1v) is 6.99. The molecule has 0 saturated heterocycles. The second-order valence-corrected chi connectivity index (χ2v) is 4.91. The molecule has 1 rings (SSSR count). The zero-order valence-corrected chi connectivity index (χ0v) is 12.7. The van der Waals surface area contributed by atoms with Crippen LogP contribution in [0.2, 0.25) is 5.02 Å². The number of carboxylic acid groups (broad SMARTS) is 1. The van der Waals surface area contributed by atoms with Crippen molar-refractivity contribution in [1.29, 1.82) is 0 Å². The van der Waals surface area contributed by atoms with Crippen LogP contribution in [0.3, 0.4) is 0 Å². The summed E-state index contributed by atoms with van der Waals surface area (Å²) >= 11 is 5.86. The molecule has 0 heterocycles. The van der Waals surface area contributed by atoms with E-state index in [9.17, 15) is 9.59 Å². The van der Waals surface area contributed by atoms with Crippen LogP contribution < -0.4 is 15.4 Å². The van der Waals surface area contributed by atoms with Gasteiger partial charge in [0.05, 0.1) is 12.8 Å². The average molecular weight is 315 g/mol. The molecule has 0 aromatic heterocycles. The fourth-order valence-electron chi connectivity index (χ4n) is 1.76. The number of halogens is 1. The third-order valence-electron chi connectivity index (χ3n) is 2.86. The van der Waals surface area contributed by atoms with Crippen molar-refractivity contribution in [1.82, 2.24) is 5.32 Å². The predicted octanol–water partition coefficient (Wildman–Crippen LogP) is 3.11. The van der Waals surface area contributed by atoms with Gasteiger partial charge in [-0.05, 0) is 24.6 Å². The van der Waals surface area contributed by atoms with Crippen molar-refractivity contribution >= 4 is 29.3 Å². The molecular weight excluding hydrogens is 296 g/mol. The molecule has 0 aliphatic carbocycles. The molecule has 3 N–H and O–H groups in total. The van der Waals surface area contributed by atoms with Crippen LogP contribution in [-0.4, -0.2) is 30.3 Å². The number of urea groups is 1. The molecule has 0 fully saturated rings.